The van der Waals surface area contributed by atoms with Crippen molar-refractivity contribution >= 4 is 29.1 Å². The Labute approximate surface area is 117 Å². The summed E-state index contributed by atoms with van der Waals surface area (Å²) < 4.78 is 0. The van der Waals surface area contributed by atoms with Crippen LogP contribution in [-0.2, 0) is 0 Å². The summed E-state index contributed by atoms with van der Waals surface area (Å²) in [4.78, 5) is 16.6. The van der Waals surface area contributed by atoms with Gasteiger partial charge in [-0.3, -0.25) is 4.79 Å². The molecule has 4 nitrogen and oxygen atoms in total. The van der Waals surface area contributed by atoms with Crippen molar-refractivity contribution in [1.82, 2.24) is 15.2 Å². The van der Waals surface area contributed by atoms with Gasteiger partial charge >= 0.3 is 0 Å². The van der Waals surface area contributed by atoms with E-state index < -0.39 is 0 Å². The molecule has 1 aromatic rings. The topological polar surface area (TPSA) is 48.1 Å². The van der Waals surface area contributed by atoms with Crippen molar-refractivity contribution in [1.29, 1.82) is 0 Å². The molecule has 0 spiro atoms. The lowest BCUT2D eigenvalue weighted by Crippen LogP contribution is -2.44. The molecule has 0 saturated carbocycles. The number of likely N-dealkylation sites (N-methyl/N-ethyl adjacent to an activating group) is 1. The maximum absolute atomic E-state index is 12.1. The third-order valence-corrected chi connectivity index (χ3v) is 3.90. The second-order valence-corrected chi connectivity index (χ2v) is 5.46. The molecule has 2 heterocycles. The number of H-pyrrole nitrogens is 1. The molecule has 1 unspecified atom stereocenters. The molecule has 1 aromatic heterocycles. The van der Waals surface area contributed by atoms with Crippen molar-refractivity contribution in [2.24, 2.45) is 0 Å². The van der Waals surface area contributed by atoms with E-state index in [-0.39, 0.29) is 5.91 Å². The molecule has 1 saturated heterocycles. The number of carbonyl (C=O) groups is 1. The van der Waals surface area contributed by atoms with Gasteiger partial charge in [0.1, 0.15) is 10.8 Å². The fourth-order valence-corrected chi connectivity index (χ4v) is 2.53. The third kappa shape index (κ3) is 3.19. The summed E-state index contributed by atoms with van der Waals surface area (Å²) in [6.45, 7) is 1.74. The van der Waals surface area contributed by atoms with Crippen molar-refractivity contribution in [2.45, 2.75) is 25.3 Å². The number of nitrogens with zero attached hydrogens (tertiary/aromatic N) is 1. The monoisotopic (exact) mass is 289 g/mol. The highest BCUT2D eigenvalue weighted by Gasteiger charge is 2.20. The second-order valence-electron chi connectivity index (χ2n) is 4.68. The second kappa shape index (κ2) is 5.95. The van der Waals surface area contributed by atoms with Gasteiger partial charge in [0.2, 0.25) is 0 Å². The van der Waals surface area contributed by atoms with Gasteiger partial charge in [0.25, 0.3) is 5.91 Å². The largest absolute Gasteiger partial charge is 0.340 e. The molecular weight excluding hydrogens is 273 g/mol. The first kappa shape index (κ1) is 13.7. The molecule has 0 radical (unpaired) electrons. The first-order valence-corrected chi connectivity index (χ1v) is 6.86. The van der Waals surface area contributed by atoms with Crippen LogP contribution in [0.2, 0.25) is 10.2 Å². The Kier molecular flexibility index (Phi) is 4.54. The van der Waals surface area contributed by atoms with E-state index in [1.165, 1.54) is 12.8 Å². The van der Waals surface area contributed by atoms with E-state index in [4.69, 9.17) is 23.2 Å². The van der Waals surface area contributed by atoms with E-state index in [2.05, 4.69) is 10.3 Å². The molecule has 1 aliphatic heterocycles. The van der Waals surface area contributed by atoms with Gasteiger partial charge in [0.15, 0.2) is 0 Å². The molecule has 0 aromatic carbocycles. The van der Waals surface area contributed by atoms with E-state index in [9.17, 15) is 4.79 Å². The SMILES string of the molecule is CN(CC1CCCCN1)C(=O)c1cc(Cl)c(Cl)[nH]1. The highest BCUT2D eigenvalue weighted by Crippen LogP contribution is 2.22. The van der Waals surface area contributed by atoms with Gasteiger partial charge in [-0.05, 0) is 25.5 Å². The molecule has 2 N–H and O–H groups in total. The summed E-state index contributed by atoms with van der Waals surface area (Å²) in [6, 6.07) is 1.95. The average Bonchev–Trinajstić information content (AvgIpc) is 2.70. The van der Waals surface area contributed by atoms with Gasteiger partial charge in [0.05, 0.1) is 5.02 Å². The van der Waals surface area contributed by atoms with Gasteiger partial charge in [-0.25, -0.2) is 0 Å². The number of hydrogen-bond donors (Lipinski definition) is 2. The van der Waals surface area contributed by atoms with E-state index in [0.29, 0.717) is 28.5 Å². The number of aromatic amines is 1. The molecule has 1 atom stereocenters. The standard InChI is InChI=1S/C12H17Cl2N3O/c1-17(7-8-4-2-3-5-15-8)12(18)10-6-9(13)11(14)16-10/h6,8,15-16H,2-5,7H2,1H3. The average molecular weight is 290 g/mol. The number of carbonyl (C=O) groups excluding carboxylic acids is 1. The molecule has 18 heavy (non-hydrogen) atoms. The van der Waals surface area contributed by atoms with Crippen LogP contribution in [0.3, 0.4) is 0 Å². The number of halogens is 2. The van der Waals surface area contributed by atoms with Gasteiger partial charge in [0, 0.05) is 19.6 Å². The van der Waals surface area contributed by atoms with Crippen LogP contribution in [0.1, 0.15) is 29.8 Å². The lowest BCUT2D eigenvalue weighted by atomic mass is 10.0. The molecule has 1 aliphatic rings. The first-order valence-electron chi connectivity index (χ1n) is 6.11. The summed E-state index contributed by atoms with van der Waals surface area (Å²) in [5, 5.41) is 4.11. The van der Waals surface area contributed by atoms with Crippen LogP contribution in [0.15, 0.2) is 6.07 Å². The quantitative estimate of drug-likeness (QED) is 0.898. The Morgan fingerprint density at radius 3 is 2.83 bits per heavy atom. The van der Waals surface area contributed by atoms with Gasteiger partial charge in [-0.15, -0.1) is 0 Å². The fourth-order valence-electron chi connectivity index (χ4n) is 2.22. The zero-order chi connectivity index (χ0) is 13.1. The lowest BCUT2D eigenvalue weighted by Gasteiger charge is -2.28. The molecule has 2 rings (SSSR count). The lowest BCUT2D eigenvalue weighted by molar-refractivity contribution is 0.0770. The highest BCUT2D eigenvalue weighted by atomic mass is 35.5. The maximum atomic E-state index is 12.1. The Morgan fingerprint density at radius 2 is 2.28 bits per heavy atom. The minimum absolute atomic E-state index is 0.0869. The maximum Gasteiger partial charge on any atom is 0.270 e. The van der Waals surface area contributed by atoms with Crippen LogP contribution < -0.4 is 5.32 Å². The summed E-state index contributed by atoms with van der Waals surface area (Å²) >= 11 is 11.6. The van der Waals surface area contributed by atoms with Crippen LogP contribution in [0, 0.1) is 0 Å². The first-order chi connectivity index (χ1) is 8.58. The van der Waals surface area contributed by atoms with Crippen LogP contribution in [0.5, 0.6) is 0 Å². The van der Waals surface area contributed by atoms with Crippen LogP contribution in [0.4, 0.5) is 0 Å². The summed E-state index contributed by atoms with van der Waals surface area (Å²) in [5.74, 6) is -0.0869. The molecule has 0 aliphatic carbocycles. The molecule has 1 fully saturated rings. The molecule has 0 bridgehead atoms. The van der Waals surface area contributed by atoms with E-state index in [1.807, 2.05) is 0 Å². The van der Waals surface area contributed by atoms with Crippen molar-refractivity contribution in [3.63, 3.8) is 0 Å². The molecule has 1 amide bonds. The molecule has 100 valence electrons. The highest BCUT2D eigenvalue weighted by molar-refractivity contribution is 6.41. The number of amides is 1. The van der Waals surface area contributed by atoms with Crippen molar-refractivity contribution in [2.75, 3.05) is 20.1 Å². The van der Waals surface area contributed by atoms with Crippen LogP contribution in [0.25, 0.3) is 0 Å². The van der Waals surface area contributed by atoms with E-state index in [1.54, 1.807) is 18.0 Å². The number of aromatic nitrogens is 1. The molecule has 6 heteroatoms. The zero-order valence-corrected chi connectivity index (χ0v) is 11.8. The predicted octanol–water partition coefficient (Wildman–Crippen LogP) is 2.54. The van der Waals surface area contributed by atoms with Crippen molar-refractivity contribution in [3.8, 4) is 0 Å². The fraction of sp³-hybridized carbons (Fsp3) is 0.583. The Hall–Kier alpha value is -0.710. The number of piperidine rings is 1. The Balaban J connectivity index is 1.95. The van der Waals surface area contributed by atoms with Gasteiger partial charge < -0.3 is 15.2 Å². The third-order valence-electron chi connectivity index (χ3n) is 3.21. The van der Waals surface area contributed by atoms with Crippen LogP contribution >= 0.6 is 23.2 Å². The zero-order valence-electron chi connectivity index (χ0n) is 10.3. The minimum atomic E-state index is -0.0869. The van der Waals surface area contributed by atoms with Crippen LogP contribution in [-0.4, -0.2) is 42.0 Å². The summed E-state index contributed by atoms with van der Waals surface area (Å²) in [5.41, 5.74) is 0.434. The van der Waals surface area contributed by atoms with Crippen molar-refractivity contribution < 1.29 is 4.79 Å². The number of rotatable bonds is 3. The predicted molar refractivity (Wildman–Crippen MR) is 73.4 cm³/mol. The smallest absolute Gasteiger partial charge is 0.270 e. The Bertz CT molecular complexity index is 407. The summed E-state index contributed by atoms with van der Waals surface area (Å²) in [7, 11) is 1.79. The van der Waals surface area contributed by atoms with E-state index in [0.717, 1.165) is 13.0 Å². The van der Waals surface area contributed by atoms with E-state index >= 15 is 0 Å². The Morgan fingerprint density at radius 1 is 1.50 bits per heavy atom. The summed E-state index contributed by atoms with van der Waals surface area (Å²) in [6.07, 6.45) is 3.56. The van der Waals surface area contributed by atoms with Crippen molar-refractivity contribution in [3.05, 3.63) is 21.9 Å². The van der Waals surface area contributed by atoms with Gasteiger partial charge in [-0.2, -0.15) is 0 Å². The van der Waals surface area contributed by atoms with Gasteiger partial charge in [-0.1, -0.05) is 29.6 Å². The molecular formula is C12H17Cl2N3O. The number of hydrogen-bond acceptors (Lipinski definition) is 2. The minimum Gasteiger partial charge on any atom is -0.340 e. The number of nitrogens with one attached hydrogen (secondary N) is 2. The normalized spacial score (nSPS) is 19.8.